The molecule has 1 rings (SSSR count). The third-order valence-corrected chi connectivity index (χ3v) is 1.55. The molecule has 0 aromatic rings. The maximum Gasteiger partial charge on any atom is 0.118 e. The van der Waals surface area contributed by atoms with Gasteiger partial charge in [0.05, 0.1) is 21.4 Å². The summed E-state index contributed by atoms with van der Waals surface area (Å²) in [5, 5.41) is 1.97. The molecule has 0 atom stereocenters. The van der Waals surface area contributed by atoms with Crippen LogP contribution in [0.3, 0.4) is 0 Å². The van der Waals surface area contributed by atoms with Gasteiger partial charge in [0, 0.05) is 5.54 Å². The first-order valence-corrected chi connectivity index (χ1v) is 5.52. The van der Waals surface area contributed by atoms with E-state index in [-0.39, 0.29) is 5.54 Å². The van der Waals surface area contributed by atoms with E-state index in [4.69, 9.17) is 23.5 Å². The predicted molar refractivity (Wildman–Crippen MR) is 43.5 cm³/mol. The fourth-order valence-corrected chi connectivity index (χ4v) is 0.871. The van der Waals surface area contributed by atoms with Crippen molar-refractivity contribution in [3.05, 3.63) is 11.8 Å². The molecule has 0 bridgehead atoms. The number of hydrogen-bond donors (Lipinski definition) is 1. The first-order valence-electron chi connectivity index (χ1n) is 4.26. The molecule has 0 saturated heterocycles. The summed E-state index contributed by atoms with van der Waals surface area (Å²) >= 11 is 0. The van der Waals surface area contributed by atoms with Crippen LogP contribution in [0.5, 0.6) is 0 Å². The maximum absolute atomic E-state index is 8.60. The predicted octanol–water partition coefficient (Wildman–Crippen LogP) is -2.19. The Kier molecular flexibility index (Phi) is 4.98. The van der Waals surface area contributed by atoms with E-state index in [1.807, 2.05) is 12.0 Å². The van der Waals surface area contributed by atoms with E-state index < -0.39 is 10.2 Å². The molecule has 0 unspecified atom stereocenters. The van der Waals surface area contributed by atoms with Gasteiger partial charge in [-0.15, -0.1) is 5.06 Å². The summed E-state index contributed by atoms with van der Waals surface area (Å²) in [7, 11) is -4.69. The molecule has 0 aromatic heterocycles. The lowest BCUT2D eigenvalue weighted by Gasteiger charge is -2.29. The van der Waals surface area contributed by atoms with Crippen LogP contribution in [0, 0.1) is 10.2 Å². The molecule has 0 spiro atoms. The van der Waals surface area contributed by atoms with E-state index in [0.29, 0.717) is 0 Å². The lowest BCUT2D eigenvalue weighted by atomic mass is 10.1. The molecule has 0 saturated carbocycles. The first kappa shape index (κ1) is 14.6. The molecule has 6 nitrogen and oxygen atoms in total. The molecule has 7 heteroatoms. The molecule has 0 aliphatic carbocycles. The Morgan fingerprint density at radius 2 is 1.80 bits per heavy atom. The second-order valence-corrected chi connectivity index (χ2v) is 4.83. The second-order valence-electron chi connectivity index (χ2n) is 4.03. The molecule has 15 heavy (non-hydrogen) atoms. The van der Waals surface area contributed by atoms with Gasteiger partial charge in [-0.3, -0.25) is 0 Å². The number of hydroxylamine groups is 2. The number of rotatable bonds is 0. The van der Waals surface area contributed by atoms with E-state index in [1.54, 1.807) is 0 Å². The minimum Gasteiger partial charge on any atom is -0.410 e. The molecule has 1 heterocycles. The highest BCUT2D eigenvalue weighted by Crippen LogP contribution is 2.20. The number of allylic oxidation sites excluding steroid dienone is 1. The lowest BCUT2D eigenvalue weighted by Crippen LogP contribution is -2.58. The molecule has 0 amide bonds. The SMILES string of the molecule is CC1=CCN(C(C)(C)C)O1.[O-][Cl+3]([O-])([O-])O. The van der Waals surface area contributed by atoms with Crippen molar-refractivity contribution < 1.29 is 33.7 Å². The van der Waals surface area contributed by atoms with Crippen LogP contribution in [-0.2, 0) is 4.84 Å². The smallest absolute Gasteiger partial charge is 0.118 e. The summed E-state index contributed by atoms with van der Waals surface area (Å²) in [4.78, 5) is 5.42. The standard InChI is InChI=1S/C8H15NO.ClHO4/c1-7-5-6-9(10-7)8(2,3)4;2-1(3,4)5/h5H,6H2,1-4H3;(H,2,3,4,5). The van der Waals surface area contributed by atoms with E-state index >= 15 is 0 Å². The molecule has 1 aliphatic rings. The highest BCUT2D eigenvalue weighted by molar-refractivity contribution is 4.96. The maximum atomic E-state index is 8.60. The summed E-state index contributed by atoms with van der Waals surface area (Å²) in [6.45, 7) is 9.30. The van der Waals surface area contributed by atoms with Gasteiger partial charge in [-0.1, -0.05) is 0 Å². The van der Waals surface area contributed by atoms with Crippen molar-refractivity contribution in [1.82, 2.24) is 5.06 Å². The molecule has 90 valence electrons. The van der Waals surface area contributed by atoms with Crippen molar-refractivity contribution in [2.24, 2.45) is 0 Å². The Morgan fingerprint density at radius 1 is 1.40 bits per heavy atom. The van der Waals surface area contributed by atoms with Crippen LogP contribution in [0.25, 0.3) is 0 Å². The Labute approximate surface area is 91.1 Å². The van der Waals surface area contributed by atoms with Gasteiger partial charge in [-0.05, 0) is 33.8 Å². The topological polar surface area (TPSA) is 102 Å². The van der Waals surface area contributed by atoms with Crippen LogP contribution < -0.4 is 14.0 Å². The van der Waals surface area contributed by atoms with Gasteiger partial charge in [0.15, 0.2) is 0 Å². The van der Waals surface area contributed by atoms with Gasteiger partial charge < -0.3 is 4.84 Å². The summed E-state index contributed by atoms with van der Waals surface area (Å²) in [6.07, 6.45) is 2.09. The van der Waals surface area contributed by atoms with Crippen LogP contribution in [0.1, 0.15) is 27.7 Å². The normalized spacial score (nSPS) is 17.7. The summed E-state index contributed by atoms with van der Waals surface area (Å²) in [5.74, 6) is 1.01. The van der Waals surface area contributed by atoms with Gasteiger partial charge in [-0.2, -0.15) is 14.0 Å². The molecule has 0 fully saturated rings. The van der Waals surface area contributed by atoms with Crippen LogP contribution in [0.2, 0.25) is 0 Å². The quantitative estimate of drug-likeness (QED) is 0.517. The van der Waals surface area contributed by atoms with Crippen LogP contribution in [-0.4, -0.2) is 21.8 Å². The Hall–Kier alpha value is -0.370. The zero-order valence-electron chi connectivity index (χ0n) is 9.19. The van der Waals surface area contributed by atoms with Gasteiger partial charge in [-0.25, -0.2) is 0 Å². The molecule has 1 aliphatic heterocycles. The van der Waals surface area contributed by atoms with Crippen molar-refractivity contribution in [2.75, 3.05) is 6.54 Å². The number of hydrogen-bond acceptors (Lipinski definition) is 6. The number of nitrogens with zero attached hydrogens (tertiary/aromatic N) is 1. The van der Waals surface area contributed by atoms with E-state index in [2.05, 4.69) is 26.8 Å². The van der Waals surface area contributed by atoms with E-state index in [0.717, 1.165) is 12.3 Å². The Balaban J connectivity index is 0.000000336. The van der Waals surface area contributed by atoms with Crippen molar-refractivity contribution in [3.63, 3.8) is 0 Å². The van der Waals surface area contributed by atoms with Crippen LogP contribution in [0.15, 0.2) is 11.8 Å². The van der Waals surface area contributed by atoms with Crippen LogP contribution in [0.4, 0.5) is 0 Å². The van der Waals surface area contributed by atoms with Crippen molar-refractivity contribution in [3.8, 4) is 0 Å². The summed E-state index contributed by atoms with van der Waals surface area (Å²) in [6, 6.07) is 0. The fraction of sp³-hybridized carbons (Fsp3) is 0.750. The molecule has 0 aromatic carbocycles. The minimum atomic E-state index is -4.69. The average molecular weight is 242 g/mol. The fourth-order valence-electron chi connectivity index (χ4n) is 0.871. The van der Waals surface area contributed by atoms with Gasteiger partial charge in [0.25, 0.3) is 0 Å². The molecular formula is C8H16ClNO5. The third-order valence-electron chi connectivity index (χ3n) is 1.55. The van der Waals surface area contributed by atoms with Crippen molar-refractivity contribution in [2.45, 2.75) is 33.2 Å². The summed E-state index contributed by atoms with van der Waals surface area (Å²) < 4.78 is 32.7. The van der Waals surface area contributed by atoms with E-state index in [1.165, 1.54) is 0 Å². The van der Waals surface area contributed by atoms with Crippen molar-refractivity contribution in [1.29, 1.82) is 0 Å². The molecule has 1 N–H and O–H groups in total. The third kappa shape index (κ3) is 8.61. The van der Waals surface area contributed by atoms with Gasteiger partial charge >= 0.3 is 0 Å². The van der Waals surface area contributed by atoms with Crippen molar-refractivity contribution >= 4 is 0 Å². The summed E-state index contributed by atoms with van der Waals surface area (Å²) in [5.41, 5.74) is 0.119. The monoisotopic (exact) mass is 241 g/mol. The zero-order chi connectivity index (χ0) is 12.3. The minimum absolute atomic E-state index is 0.119. The molecule has 0 radical (unpaired) electrons. The lowest BCUT2D eigenvalue weighted by molar-refractivity contribution is -1.92. The molecular weight excluding hydrogens is 226 g/mol. The van der Waals surface area contributed by atoms with E-state index in [9.17, 15) is 0 Å². The highest BCUT2D eigenvalue weighted by Gasteiger charge is 2.25. The first-order chi connectivity index (χ1) is 6.50. The Bertz CT molecular complexity index is 224. The largest absolute Gasteiger partial charge is 0.410 e. The van der Waals surface area contributed by atoms with Gasteiger partial charge in [0.2, 0.25) is 0 Å². The van der Waals surface area contributed by atoms with Crippen LogP contribution >= 0.6 is 0 Å². The van der Waals surface area contributed by atoms with Gasteiger partial charge in [0.1, 0.15) is 5.76 Å². The number of halogens is 1. The Morgan fingerprint density at radius 3 is 1.93 bits per heavy atom. The highest BCUT2D eigenvalue weighted by atomic mass is 35.7. The zero-order valence-corrected chi connectivity index (χ0v) is 9.95. The second kappa shape index (κ2) is 5.11. The average Bonchev–Trinajstić information content (AvgIpc) is 2.29.